The van der Waals surface area contributed by atoms with Crippen molar-refractivity contribution in [3.8, 4) is 11.5 Å². The van der Waals surface area contributed by atoms with Crippen LogP contribution in [0.2, 0.25) is 25.7 Å². The Bertz CT molecular complexity index is 698. The van der Waals surface area contributed by atoms with E-state index in [-0.39, 0.29) is 0 Å². The molecule has 0 N–H and O–H groups in total. The molecule has 0 bridgehead atoms. The molecule has 6 nitrogen and oxygen atoms in total. The number of carbonyl (C=O) groups is 2. The van der Waals surface area contributed by atoms with Gasteiger partial charge in [-0.25, -0.2) is 9.59 Å². The summed E-state index contributed by atoms with van der Waals surface area (Å²) >= 11 is 0. The molecule has 7 heteroatoms. The van der Waals surface area contributed by atoms with E-state index in [1.165, 1.54) is 7.11 Å². The van der Waals surface area contributed by atoms with Crippen LogP contribution in [0.3, 0.4) is 0 Å². The van der Waals surface area contributed by atoms with E-state index in [0.29, 0.717) is 34.8 Å². The lowest BCUT2D eigenvalue weighted by Gasteiger charge is -2.22. The van der Waals surface area contributed by atoms with E-state index in [2.05, 4.69) is 19.6 Å². The van der Waals surface area contributed by atoms with Gasteiger partial charge in [-0.2, -0.15) is 0 Å². The maximum atomic E-state index is 12.3. The van der Waals surface area contributed by atoms with Crippen LogP contribution >= 0.6 is 0 Å². The van der Waals surface area contributed by atoms with Gasteiger partial charge in [0.15, 0.2) is 0 Å². The summed E-state index contributed by atoms with van der Waals surface area (Å²) in [6.45, 7) is 16.0. The molecule has 0 aromatic heterocycles. The molecule has 0 aliphatic heterocycles. The first kappa shape index (κ1) is 23.0. The van der Waals surface area contributed by atoms with Gasteiger partial charge in [-0.15, -0.1) is 0 Å². The lowest BCUT2D eigenvalue weighted by molar-refractivity contribution is 0.0204. The molecule has 1 rings (SSSR count). The molecule has 152 valence electrons. The third-order valence-electron chi connectivity index (χ3n) is 3.75. The Balaban J connectivity index is 3.24. The minimum atomic E-state index is -1.31. The zero-order chi connectivity index (χ0) is 21.0. The summed E-state index contributed by atoms with van der Waals surface area (Å²) in [6.07, 6.45) is -0.802. The van der Waals surface area contributed by atoms with Crippen LogP contribution in [0.5, 0.6) is 11.5 Å². The zero-order valence-electron chi connectivity index (χ0n) is 17.9. The summed E-state index contributed by atoms with van der Waals surface area (Å²) in [5.41, 5.74) is 0.849. The second-order valence-corrected chi connectivity index (χ2v) is 14.4. The first-order chi connectivity index (χ1) is 12.2. The van der Waals surface area contributed by atoms with Crippen molar-refractivity contribution in [2.24, 2.45) is 0 Å². The first-order valence-electron chi connectivity index (χ1n) is 9.01. The summed E-state index contributed by atoms with van der Waals surface area (Å²) in [7, 11) is 0.0194. The van der Waals surface area contributed by atoms with Crippen molar-refractivity contribution in [1.82, 2.24) is 0 Å². The van der Waals surface area contributed by atoms with Crippen molar-refractivity contribution in [3.63, 3.8) is 0 Å². The third kappa shape index (κ3) is 7.25. The Morgan fingerprint density at radius 2 is 1.70 bits per heavy atom. The number of hydrogen-bond acceptors (Lipinski definition) is 6. The Kier molecular flexibility index (Phi) is 7.48. The summed E-state index contributed by atoms with van der Waals surface area (Å²) in [5, 5.41) is 0. The molecule has 0 spiro atoms. The zero-order valence-corrected chi connectivity index (χ0v) is 18.9. The summed E-state index contributed by atoms with van der Waals surface area (Å²) < 4.78 is 21.5. The van der Waals surface area contributed by atoms with Crippen molar-refractivity contribution in [2.75, 3.05) is 13.7 Å². The molecule has 0 fully saturated rings. The van der Waals surface area contributed by atoms with Gasteiger partial charge in [-0.05, 0) is 52.3 Å². The standard InChI is InChI=1S/C20H32O6Si/c1-13-12-15(25-19(22)26-20(3,4)5)14(2)17(16(13)18(21)23-6)24-10-11-27(7,8)9/h12H,10-11H2,1-9H3. The fourth-order valence-electron chi connectivity index (χ4n) is 2.32. The van der Waals surface area contributed by atoms with E-state index in [1.807, 2.05) is 0 Å². The molecule has 0 aliphatic rings. The van der Waals surface area contributed by atoms with E-state index < -0.39 is 25.8 Å². The highest BCUT2D eigenvalue weighted by atomic mass is 28.3. The third-order valence-corrected chi connectivity index (χ3v) is 5.45. The number of methoxy groups -OCH3 is 1. The number of esters is 1. The molecule has 1 aromatic rings. The molecule has 0 heterocycles. The van der Waals surface area contributed by atoms with Crippen LogP contribution in [0, 0.1) is 13.8 Å². The smallest absolute Gasteiger partial charge is 0.493 e. The topological polar surface area (TPSA) is 71.1 Å². The van der Waals surface area contributed by atoms with E-state index >= 15 is 0 Å². The SMILES string of the molecule is COC(=O)c1c(C)cc(OC(=O)OC(C)(C)C)c(C)c1OCC[Si](C)(C)C. The van der Waals surface area contributed by atoms with Crippen LogP contribution in [-0.2, 0) is 9.47 Å². The van der Waals surface area contributed by atoms with Gasteiger partial charge in [0, 0.05) is 13.6 Å². The highest BCUT2D eigenvalue weighted by molar-refractivity contribution is 6.76. The van der Waals surface area contributed by atoms with Crippen molar-refractivity contribution >= 4 is 20.2 Å². The second-order valence-electron chi connectivity index (χ2n) is 8.74. The Labute approximate surface area is 163 Å². The fraction of sp³-hybridized carbons (Fsp3) is 0.600. The van der Waals surface area contributed by atoms with Crippen LogP contribution in [-0.4, -0.2) is 39.5 Å². The molecule has 0 saturated heterocycles. The van der Waals surface area contributed by atoms with Gasteiger partial charge >= 0.3 is 12.1 Å². The molecule has 0 unspecified atom stereocenters. The van der Waals surface area contributed by atoms with Gasteiger partial charge in [0.1, 0.15) is 22.7 Å². The lowest BCUT2D eigenvalue weighted by Crippen LogP contribution is -2.26. The largest absolute Gasteiger partial charge is 0.514 e. The van der Waals surface area contributed by atoms with E-state index in [4.69, 9.17) is 18.9 Å². The molecule has 0 amide bonds. The average Bonchev–Trinajstić information content (AvgIpc) is 2.48. The quantitative estimate of drug-likeness (QED) is 0.377. The van der Waals surface area contributed by atoms with Crippen molar-refractivity contribution in [1.29, 1.82) is 0 Å². The molecule has 1 aromatic carbocycles. The monoisotopic (exact) mass is 396 g/mol. The minimum absolute atomic E-state index is 0.303. The summed E-state index contributed by atoms with van der Waals surface area (Å²) in [4.78, 5) is 24.3. The summed E-state index contributed by atoms with van der Waals surface area (Å²) in [6, 6.07) is 2.56. The van der Waals surface area contributed by atoms with Gasteiger partial charge in [-0.3, -0.25) is 0 Å². The summed E-state index contributed by atoms with van der Waals surface area (Å²) in [5.74, 6) is 0.207. The lowest BCUT2D eigenvalue weighted by atomic mass is 10.0. The first-order valence-corrected chi connectivity index (χ1v) is 12.7. The van der Waals surface area contributed by atoms with Crippen LogP contribution in [0.4, 0.5) is 4.79 Å². The van der Waals surface area contributed by atoms with Crippen LogP contribution < -0.4 is 9.47 Å². The molecule has 27 heavy (non-hydrogen) atoms. The number of rotatable bonds is 6. The average molecular weight is 397 g/mol. The van der Waals surface area contributed by atoms with Gasteiger partial charge < -0.3 is 18.9 Å². The van der Waals surface area contributed by atoms with E-state index in [1.54, 1.807) is 40.7 Å². The number of hydrogen-bond donors (Lipinski definition) is 0. The molecule has 0 saturated carbocycles. The van der Waals surface area contributed by atoms with Gasteiger partial charge in [-0.1, -0.05) is 19.6 Å². The maximum Gasteiger partial charge on any atom is 0.514 e. The Morgan fingerprint density at radius 1 is 1.11 bits per heavy atom. The van der Waals surface area contributed by atoms with Crippen LogP contribution in [0.25, 0.3) is 0 Å². The van der Waals surface area contributed by atoms with Gasteiger partial charge in [0.25, 0.3) is 0 Å². The predicted octanol–water partition coefficient (Wildman–Crippen LogP) is 5.12. The van der Waals surface area contributed by atoms with Crippen molar-refractivity contribution in [2.45, 2.75) is 65.9 Å². The number of aryl methyl sites for hydroxylation is 1. The van der Waals surface area contributed by atoms with Crippen molar-refractivity contribution < 1.29 is 28.5 Å². The molecule has 0 aliphatic carbocycles. The highest BCUT2D eigenvalue weighted by Crippen LogP contribution is 2.35. The number of carbonyl (C=O) groups excluding carboxylic acids is 2. The molecule has 0 radical (unpaired) electrons. The predicted molar refractivity (Wildman–Crippen MR) is 108 cm³/mol. The normalized spacial score (nSPS) is 11.7. The van der Waals surface area contributed by atoms with E-state index in [0.717, 1.165) is 6.04 Å². The fourth-order valence-corrected chi connectivity index (χ4v) is 3.03. The van der Waals surface area contributed by atoms with Gasteiger partial charge in [0.2, 0.25) is 0 Å². The highest BCUT2D eigenvalue weighted by Gasteiger charge is 2.25. The maximum absolute atomic E-state index is 12.3. The Morgan fingerprint density at radius 3 is 2.19 bits per heavy atom. The minimum Gasteiger partial charge on any atom is -0.493 e. The van der Waals surface area contributed by atoms with E-state index in [9.17, 15) is 9.59 Å². The molecular weight excluding hydrogens is 364 g/mol. The Hall–Kier alpha value is -2.02. The van der Waals surface area contributed by atoms with Crippen LogP contribution in [0.15, 0.2) is 6.07 Å². The van der Waals surface area contributed by atoms with Gasteiger partial charge in [0.05, 0.1) is 13.7 Å². The number of benzene rings is 1. The second kappa shape index (κ2) is 8.78. The van der Waals surface area contributed by atoms with Crippen molar-refractivity contribution in [3.05, 3.63) is 22.8 Å². The molecule has 0 atom stereocenters. The molecular formula is C20H32O6Si. The number of ether oxygens (including phenoxy) is 4. The van der Waals surface area contributed by atoms with Crippen LogP contribution in [0.1, 0.15) is 42.3 Å².